The zero-order valence-electron chi connectivity index (χ0n) is 10.2. The van der Waals surface area contributed by atoms with E-state index in [0.29, 0.717) is 10.1 Å². The van der Waals surface area contributed by atoms with E-state index in [1.165, 1.54) is 17.8 Å². The Balaban J connectivity index is 1.99. The lowest BCUT2D eigenvalue weighted by Gasteiger charge is -2.41. The third kappa shape index (κ3) is 2.57. The van der Waals surface area contributed by atoms with Crippen LogP contribution in [0.1, 0.15) is 49.3 Å². The van der Waals surface area contributed by atoms with Gasteiger partial charge >= 0.3 is 0 Å². The Hall–Kier alpha value is -1.17. The van der Waals surface area contributed by atoms with Crippen LogP contribution in [0, 0.1) is 0 Å². The molecule has 1 heterocycles. The third-order valence-electron chi connectivity index (χ3n) is 3.31. The van der Waals surface area contributed by atoms with Crippen LogP contribution in [0.15, 0.2) is 0 Å². The highest BCUT2D eigenvalue weighted by Gasteiger charge is 2.37. The fraction of sp³-hybridized carbons (Fsp3) is 0.727. The van der Waals surface area contributed by atoms with Gasteiger partial charge in [-0.25, -0.2) is 0 Å². The minimum Gasteiger partial charge on any atom is -0.360 e. The van der Waals surface area contributed by atoms with Crippen molar-refractivity contribution in [1.82, 2.24) is 15.5 Å². The van der Waals surface area contributed by atoms with Gasteiger partial charge < -0.3 is 10.6 Å². The molecule has 94 valence electrons. The topological polar surface area (TPSA) is 66.9 Å². The Morgan fingerprint density at radius 2 is 2.18 bits per heavy atom. The molecule has 0 radical (unpaired) electrons. The van der Waals surface area contributed by atoms with Gasteiger partial charge in [0.2, 0.25) is 10.1 Å². The fourth-order valence-electron chi connectivity index (χ4n) is 2.00. The van der Waals surface area contributed by atoms with E-state index >= 15 is 0 Å². The minimum atomic E-state index is -0.0896. The largest absolute Gasteiger partial charge is 0.360 e. The summed E-state index contributed by atoms with van der Waals surface area (Å²) in [7, 11) is 0. The summed E-state index contributed by atoms with van der Waals surface area (Å²) in [4.78, 5) is 12.0. The number of nitrogens with one attached hydrogen (secondary N) is 2. The van der Waals surface area contributed by atoms with E-state index in [9.17, 15) is 4.79 Å². The normalized spacial score (nSPS) is 17.3. The lowest BCUT2D eigenvalue weighted by Crippen LogP contribution is -2.52. The van der Waals surface area contributed by atoms with Gasteiger partial charge in [-0.15, -0.1) is 10.2 Å². The monoisotopic (exact) mass is 254 g/mol. The van der Waals surface area contributed by atoms with Crippen molar-refractivity contribution in [2.45, 2.75) is 45.1 Å². The number of carbonyl (C=O) groups is 1. The second-order valence-electron chi connectivity index (χ2n) is 4.38. The van der Waals surface area contributed by atoms with Crippen molar-refractivity contribution < 1.29 is 4.79 Å². The standard InChI is InChI=1S/C11H18N4OS/c1-3-11(6-5-7-11)13-8(16)9-14-15-10(17-9)12-4-2/h3-7H2,1-2H3,(H,12,15)(H,13,16). The van der Waals surface area contributed by atoms with Crippen molar-refractivity contribution in [2.75, 3.05) is 11.9 Å². The van der Waals surface area contributed by atoms with Gasteiger partial charge in [0.05, 0.1) is 0 Å². The molecule has 1 aliphatic rings. The number of hydrogen-bond donors (Lipinski definition) is 2. The Labute approximate surface area is 105 Å². The predicted molar refractivity (Wildman–Crippen MR) is 68.4 cm³/mol. The molecule has 1 aliphatic carbocycles. The minimum absolute atomic E-state index is 0.0150. The Morgan fingerprint density at radius 1 is 1.41 bits per heavy atom. The first-order valence-corrected chi connectivity index (χ1v) is 6.90. The summed E-state index contributed by atoms with van der Waals surface area (Å²) >= 11 is 1.31. The molecule has 1 saturated carbocycles. The molecule has 0 saturated heterocycles. The van der Waals surface area contributed by atoms with Crippen LogP contribution in [0.3, 0.4) is 0 Å². The van der Waals surface area contributed by atoms with E-state index in [0.717, 1.165) is 25.8 Å². The molecule has 0 aromatic carbocycles. The van der Waals surface area contributed by atoms with Crippen molar-refractivity contribution in [2.24, 2.45) is 0 Å². The molecule has 5 nitrogen and oxygen atoms in total. The highest BCUT2D eigenvalue weighted by atomic mass is 32.1. The first-order valence-electron chi connectivity index (χ1n) is 6.09. The zero-order valence-corrected chi connectivity index (χ0v) is 11.1. The lowest BCUT2D eigenvalue weighted by atomic mass is 9.75. The summed E-state index contributed by atoms with van der Waals surface area (Å²) in [5, 5.41) is 15.1. The van der Waals surface area contributed by atoms with Crippen LogP contribution in [0.2, 0.25) is 0 Å². The van der Waals surface area contributed by atoms with Crippen LogP contribution in [-0.4, -0.2) is 28.2 Å². The smallest absolute Gasteiger partial charge is 0.282 e. The molecular formula is C11H18N4OS. The summed E-state index contributed by atoms with van der Waals surface area (Å²) in [5.74, 6) is -0.0896. The van der Waals surface area contributed by atoms with E-state index in [4.69, 9.17) is 0 Å². The first-order chi connectivity index (χ1) is 8.19. The van der Waals surface area contributed by atoms with Gasteiger partial charge in [0.1, 0.15) is 0 Å². The summed E-state index contributed by atoms with van der Waals surface area (Å²) in [6.45, 7) is 4.89. The zero-order chi connectivity index (χ0) is 12.3. The number of aromatic nitrogens is 2. The quantitative estimate of drug-likeness (QED) is 0.843. The highest BCUT2D eigenvalue weighted by molar-refractivity contribution is 7.17. The van der Waals surface area contributed by atoms with Crippen LogP contribution in [0.5, 0.6) is 0 Å². The molecule has 1 aromatic rings. The number of hydrogen-bond acceptors (Lipinski definition) is 5. The van der Waals surface area contributed by atoms with E-state index in [1.54, 1.807) is 0 Å². The molecule has 1 fully saturated rings. The molecule has 0 unspecified atom stereocenters. The Bertz CT molecular complexity index is 394. The molecule has 0 aliphatic heterocycles. The van der Waals surface area contributed by atoms with Gasteiger partial charge in [-0.1, -0.05) is 18.3 Å². The van der Waals surface area contributed by atoms with Crippen molar-refractivity contribution in [3.05, 3.63) is 5.01 Å². The van der Waals surface area contributed by atoms with Crippen LogP contribution < -0.4 is 10.6 Å². The summed E-state index contributed by atoms with van der Waals surface area (Å²) in [5.41, 5.74) is 0.0150. The fourth-order valence-corrected chi connectivity index (χ4v) is 2.71. The van der Waals surface area contributed by atoms with Gasteiger partial charge in [0.25, 0.3) is 5.91 Å². The molecule has 1 aromatic heterocycles. The molecular weight excluding hydrogens is 236 g/mol. The average Bonchev–Trinajstić information content (AvgIpc) is 2.72. The molecule has 0 spiro atoms. The molecule has 6 heteroatoms. The molecule has 0 bridgehead atoms. The van der Waals surface area contributed by atoms with Crippen LogP contribution in [-0.2, 0) is 0 Å². The summed E-state index contributed by atoms with van der Waals surface area (Å²) in [6.07, 6.45) is 4.34. The number of nitrogens with zero attached hydrogens (tertiary/aromatic N) is 2. The van der Waals surface area contributed by atoms with Gasteiger partial charge in [0, 0.05) is 12.1 Å². The van der Waals surface area contributed by atoms with E-state index < -0.39 is 0 Å². The molecule has 2 N–H and O–H groups in total. The lowest BCUT2D eigenvalue weighted by molar-refractivity contribution is 0.0819. The van der Waals surface area contributed by atoms with Crippen molar-refractivity contribution >= 4 is 22.4 Å². The average molecular weight is 254 g/mol. The van der Waals surface area contributed by atoms with Crippen molar-refractivity contribution in [3.8, 4) is 0 Å². The van der Waals surface area contributed by atoms with Crippen LogP contribution in [0.25, 0.3) is 0 Å². The van der Waals surface area contributed by atoms with Gasteiger partial charge in [0.15, 0.2) is 0 Å². The highest BCUT2D eigenvalue weighted by Crippen LogP contribution is 2.35. The van der Waals surface area contributed by atoms with E-state index in [-0.39, 0.29) is 11.4 Å². The maximum Gasteiger partial charge on any atom is 0.282 e. The van der Waals surface area contributed by atoms with Crippen LogP contribution >= 0.6 is 11.3 Å². The van der Waals surface area contributed by atoms with E-state index in [1.807, 2.05) is 6.92 Å². The maximum absolute atomic E-state index is 12.0. The van der Waals surface area contributed by atoms with Gasteiger partial charge in [-0.05, 0) is 32.6 Å². The molecule has 17 heavy (non-hydrogen) atoms. The van der Waals surface area contributed by atoms with Gasteiger partial charge in [-0.2, -0.15) is 0 Å². The number of amides is 1. The van der Waals surface area contributed by atoms with Crippen LogP contribution in [0.4, 0.5) is 5.13 Å². The molecule has 1 amide bonds. The third-order valence-corrected chi connectivity index (χ3v) is 4.19. The van der Waals surface area contributed by atoms with E-state index in [2.05, 4.69) is 27.8 Å². The summed E-state index contributed by atoms with van der Waals surface area (Å²) < 4.78 is 0. The number of anilines is 1. The second-order valence-corrected chi connectivity index (χ2v) is 5.36. The van der Waals surface area contributed by atoms with Crippen molar-refractivity contribution in [3.63, 3.8) is 0 Å². The maximum atomic E-state index is 12.0. The number of carbonyl (C=O) groups excluding carboxylic acids is 1. The SMILES string of the molecule is CCNc1nnc(C(=O)NC2(CC)CCC2)s1. The Kier molecular flexibility index (Phi) is 3.61. The summed E-state index contributed by atoms with van der Waals surface area (Å²) in [6, 6.07) is 0. The second kappa shape index (κ2) is 5.00. The van der Waals surface area contributed by atoms with Gasteiger partial charge in [-0.3, -0.25) is 4.79 Å². The first kappa shape index (κ1) is 12.3. The predicted octanol–water partition coefficient (Wildman–Crippen LogP) is 2.03. The Morgan fingerprint density at radius 3 is 2.71 bits per heavy atom. The molecule has 2 rings (SSSR count). The van der Waals surface area contributed by atoms with Crippen molar-refractivity contribution in [1.29, 1.82) is 0 Å². The molecule has 0 atom stereocenters. The number of rotatable bonds is 5.